The molecule has 30 heavy (non-hydrogen) atoms. The molecule has 0 spiro atoms. The van der Waals surface area contributed by atoms with Crippen molar-refractivity contribution in [3.05, 3.63) is 59.2 Å². The minimum atomic E-state index is -0.228. The van der Waals surface area contributed by atoms with E-state index in [-0.39, 0.29) is 18.4 Å². The van der Waals surface area contributed by atoms with E-state index < -0.39 is 0 Å². The molecule has 0 aliphatic carbocycles. The van der Waals surface area contributed by atoms with Gasteiger partial charge in [-0.1, -0.05) is 17.7 Å². The van der Waals surface area contributed by atoms with E-state index in [1.807, 2.05) is 38.1 Å². The summed E-state index contributed by atoms with van der Waals surface area (Å²) in [6.07, 6.45) is 3.19. The minimum absolute atomic E-state index is 0.0898. The number of carbonyl (C=O) groups excluding carboxylic acids is 2. The molecule has 160 valence electrons. The van der Waals surface area contributed by atoms with E-state index in [0.29, 0.717) is 30.3 Å². The highest BCUT2D eigenvalue weighted by Gasteiger charge is 2.09. The fourth-order valence-corrected chi connectivity index (χ4v) is 2.73. The number of aryl methyl sites for hydroxylation is 1. The third-order valence-corrected chi connectivity index (χ3v) is 4.23. The lowest BCUT2D eigenvalue weighted by Crippen LogP contribution is -2.28. The smallest absolute Gasteiger partial charge is 0.257 e. The number of amides is 2. The normalized spacial score (nSPS) is 10.5. The van der Waals surface area contributed by atoms with Gasteiger partial charge in [-0.2, -0.15) is 0 Å². The Morgan fingerprint density at radius 3 is 2.40 bits per heavy atom. The largest absolute Gasteiger partial charge is 0.496 e. The van der Waals surface area contributed by atoms with E-state index in [1.54, 1.807) is 25.3 Å². The quantitative estimate of drug-likeness (QED) is 0.586. The first-order valence-electron chi connectivity index (χ1n) is 9.63. The van der Waals surface area contributed by atoms with Crippen LogP contribution in [-0.4, -0.2) is 39.2 Å². The predicted octanol–water partition coefficient (Wildman–Crippen LogP) is 2.86. The van der Waals surface area contributed by atoms with E-state index in [9.17, 15) is 9.59 Å². The number of likely N-dealkylation sites (N-methyl/N-ethyl adjacent to an activating group) is 1. The first-order valence-corrected chi connectivity index (χ1v) is 9.63. The van der Waals surface area contributed by atoms with E-state index in [2.05, 4.69) is 10.6 Å². The lowest BCUT2D eigenvalue weighted by molar-refractivity contribution is -0.123. The van der Waals surface area contributed by atoms with Gasteiger partial charge in [0.15, 0.2) is 18.1 Å². The average molecular weight is 412 g/mol. The SMILES string of the molecule is CCNC(=O)COc1ccc(CNC(=O)C=Cc2cc(C)ccc2OC)cc1OC. The van der Waals surface area contributed by atoms with Crippen LogP contribution in [0.3, 0.4) is 0 Å². The van der Waals surface area contributed by atoms with Crippen molar-refractivity contribution in [2.75, 3.05) is 27.4 Å². The van der Waals surface area contributed by atoms with Gasteiger partial charge in [0.05, 0.1) is 14.2 Å². The number of hydrogen-bond acceptors (Lipinski definition) is 5. The summed E-state index contributed by atoms with van der Waals surface area (Å²) in [7, 11) is 3.12. The molecule has 0 aromatic heterocycles. The highest BCUT2D eigenvalue weighted by molar-refractivity contribution is 5.92. The zero-order valence-electron chi connectivity index (χ0n) is 17.8. The Hall–Kier alpha value is -3.48. The average Bonchev–Trinajstić information content (AvgIpc) is 2.75. The molecule has 0 radical (unpaired) electrons. The summed E-state index contributed by atoms with van der Waals surface area (Å²) >= 11 is 0. The standard InChI is InChI=1S/C23H28N2O5/c1-5-24-23(27)15-30-20-10-7-17(13-21(20)29-4)14-25-22(26)11-8-18-12-16(2)6-9-19(18)28-3/h6-13H,5,14-15H2,1-4H3,(H,24,27)(H,25,26). The van der Waals surface area contributed by atoms with Gasteiger partial charge in [0.25, 0.3) is 5.91 Å². The Morgan fingerprint density at radius 2 is 1.70 bits per heavy atom. The van der Waals surface area contributed by atoms with E-state index in [0.717, 1.165) is 16.7 Å². The summed E-state index contributed by atoms with van der Waals surface area (Å²) in [4.78, 5) is 23.7. The zero-order chi connectivity index (χ0) is 21.9. The van der Waals surface area contributed by atoms with Crippen molar-refractivity contribution in [2.45, 2.75) is 20.4 Å². The molecule has 0 fully saturated rings. The van der Waals surface area contributed by atoms with Crippen molar-refractivity contribution in [2.24, 2.45) is 0 Å². The highest BCUT2D eigenvalue weighted by atomic mass is 16.5. The molecule has 7 nitrogen and oxygen atoms in total. The fraction of sp³-hybridized carbons (Fsp3) is 0.304. The minimum Gasteiger partial charge on any atom is -0.496 e. The summed E-state index contributed by atoms with van der Waals surface area (Å²) in [5, 5.41) is 5.50. The van der Waals surface area contributed by atoms with Crippen molar-refractivity contribution >= 4 is 17.9 Å². The van der Waals surface area contributed by atoms with Crippen LogP contribution in [0.5, 0.6) is 17.2 Å². The van der Waals surface area contributed by atoms with Gasteiger partial charge in [-0.15, -0.1) is 0 Å². The van der Waals surface area contributed by atoms with Gasteiger partial charge >= 0.3 is 0 Å². The molecule has 2 N–H and O–H groups in total. The molecular formula is C23H28N2O5. The number of benzene rings is 2. The molecule has 2 rings (SSSR count). The summed E-state index contributed by atoms with van der Waals surface area (Å²) in [6.45, 7) is 4.60. The molecule has 2 amide bonds. The van der Waals surface area contributed by atoms with Gasteiger partial charge in [-0.05, 0) is 49.8 Å². The van der Waals surface area contributed by atoms with Crippen LogP contribution in [0.15, 0.2) is 42.5 Å². The Balaban J connectivity index is 1.96. The molecule has 0 saturated carbocycles. The van der Waals surface area contributed by atoms with Gasteiger partial charge in [0, 0.05) is 24.7 Å². The predicted molar refractivity (Wildman–Crippen MR) is 116 cm³/mol. The first-order chi connectivity index (χ1) is 14.5. The maximum Gasteiger partial charge on any atom is 0.257 e. The summed E-state index contributed by atoms with van der Waals surface area (Å²) in [5.41, 5.74) is 2.76. The van der Waals surface area contributed by atoms with Crippen LogP contribution in [0, 0.1) is 6.92 Å². The maximum absolute atomic E-state index is 12.2. The molecule has 0 heterocycles. The number of carbonyl (C=O) groups is 2. The van der Waals surface area contributed by atoms with E-state index in [4.69, 9.17) is 14.2 Å². The third kappa shape index (κ3) is 6.84. The van der Waals surface area contributed by atoms with Gasteiger partial charge in [0.1, 0.15) is 5.75 Å². The second-order valence-corrected chi connectivity index (χ2v) is 6.52. The molecular weight excluding hydrogens is 384 g/mol. The highest BCUT2D eigenvalue weighted by Crippen LogP contribution is 2.28. The van der Waals surface area contributed by atoms with Gasteiger partial charge in [0.2, 0.25) is 5.91 Å². The van der Waals surface area contributed by atoms with E-state index in [1.165, 1.54) is 13.2 Å². The second-order valence-electron chi connectivity index (χ2n) is 6.52. The molecule has 0 aliphatic heterocycles. The van der Waals surface area contributed by atoms with Crippen molar-refractivity contribution in [3.8, 4) is 17.2 Å². The summed E-state index contributed by atoms with van der Waals surface area (Å²) in [5.74, 6) is 1.23. The molecule has 2 aromatic carbocycles. The fourth-order valence-electron chi connectivity index (χ4n) is 2.73. The van der Waals surface area contributed by atoms with Crippen LogP contribution in [0.2, 0.25) is 0 Å². The van der Waals surface area contributed by atoms with Gasteiger partial charge < -0.3 is 24.8 Å². The zero-order valence-corrected chi connectivity index (χ0v) is 17.8. The van der Waals surface area contributed by atoms with Crippen LogP contribution in [-0.2, 0) is 16.1 Å². The van der Waals surface area contributed by atoms with Gasteiger partial charge in [-0.3, -0.25) is 9.59 Å². The lowest BCUT2D eigenvalue weighted by atomic mass is 10.1. The van der Waals surface area contributed by atoms with Crippen LogP contribution < -0.4 is 24.8 Å². The van der Waals surface area contributed by atoms with Gasteiger partial charge in [-0.25, -0.2) is 0 Å². The number of hydrogen-bond donors (Lipinski definition) is 2. The van der Waals surface area contributed by atoms with Crippen molar-refractivity contribution in [1.82, 2.24) is 10.6 Å². The summed E-state index contributed by atoms with van der Waals surface area (Å²) < 4.78 is 16.1. The maximum atomic E-state index is 12.2. The number of nitrogens with one attached hydrogen (secondary N) is 2. The topological polar surface area (TPSA) is 85.9 Å². The molecule has 0 saturated heterocycles. The Kier molecular flexibility index (Phi) is 8.75. The number of rotatable bonds is 10. The number of ether oxygens (including phenoxy) is 3. The van der Waals surface area contributed by atoms with Crippen LogP contribution in [0.1, 0.15) is 23.6 Å². The molecule has 7 heteroatoms. The molecule has 2 aromatic rings. The van der Waals surface area contributed by atoms with Crippen LogP contribution >= 0.6 is 0 Å². The Labute approximate surface area is 177 Å². The molecule has 0 atom stereocenters. The summed E-state index contributed by atoms with van der Waals surface area (Å²) in [6, 6.07) is 11.1. The molecule has 0 unspecified atom stereocenters. The second kappa shape index (κ2) is 11.5. The van der Waals surface area contributed by atoms with Crippen LogP contribution in [0.25, 0.3) is 6.08 Å². The number of methoxy groups -OCH3 is 2. The van der Waals surface area contributed by atoms with E-state index >= 15 is 0 Å². The lowest BCUT2D eigenvalue weighted by Gasteiger charge is -2.12. The van der Waals surface area contributed by atoms with Crippen molar-refractivity contribution in [1.29, 1.82) is 0 Å². The third-order valence-electron chi connectivity index (χ3n) is 4.23. The monoisotopic (exact) mass is 412 g/mol. The van der Waals surface area contributed by atoms with Crippen LogP contribution in [0.4, 0.5) is 0 Å². The van der Waals surface area contributed by atoms with Crippen molar-refractivity contribution in [3.63, 3.8) is 0 Å². The Bertz CT molecular complexity index is 908. The molecule has 0 aliphatic rings. The van der Waals surface area contributed by atoms with Crippen molar-refractivity contribution < 1.29 is 23.8 Å². The first kappa shape index (κ1) is 22.8. The Morgan fingerprint density at radius 1 is 0.967 bits per heavy atom. The molecule has 0 bridgehead atoms.